The topological polar surface area (TPSA) is 0 Å². The van der Waals surface area contributed by atoms with E-state index in [1.807, 2.05) is 0 Å². The van der Waals surface area contributed by atoms with Crippen molar-refractivity contribution in [1.82, 2.24) is 0 Å². The molecule has 0 rings (SSSR count). The summed E-state index contributed by atoms with van der Waals surface area (Å²) in [5.74, 6) is 1.47. The molecule has 0 saturated heterocycles. The summed E-state index contributed by atoms with van der Waals surface area (Å²) < 4.78 is 0. The summed E-state index contributed by atoms with van der Waals surface area (Å²) >= 11 is 6.49. The third kappa shape index (κ3) is 4.21. The zero-order chi connectivity index (χ0) is 11.4. The molecule has 0 amide bonds. The smallest absolute Gasteiger partial charge is 0.0389 e. The molecule has 0 N–H and O–H groups in total. The van der Waals surface area contributed by atoms with Crippen LogP contribution >= 0.6 is 11.6 Å². The number of hydrogen-bond acceptors (Lipinski definition) is 0. The van der Waals surface area contributed by atoms with Gasteiger partial charge in [0.1, 0.15) is 0 Å². The van der Waals surface area contributed by atoms with E-state index in [-0.39, 0.29) is 5.41 Å². The monoisotopic (exact) mass is 218 g/mol. The summed E-state index contributed by atoms with van der Waals surface area (Å²) in [7, 11) is 0. The van der Waals surface area contributed by atoms with E-state index in [2.05, 4.69) is 41.5 Å². The van der Waals surface area contributed by atoms with Gasteiger partial charge in [0.05, 0.1) is 0 Å². The largest absolute Gasteiger partial charge is 0.122 e. The molecule has 0 spiro atoms. The maximum Gasteiger partial charge on any atom is 0.0389 e. The molecule has 0 aromatic heterocycles. The van der Waals surface area contributed by atoms with Gasteiger partial charge in [-0.25, -0.2) is 0 Å². The minimum atomic E-state index is 0.269. The highest BCUT2D eigenvalue weighted by atomic mass is 35.5. The Balaban J connectivity index is 4.13. The van der Waals surface area contributed by atoms with Crippen molar-refractivity contribution in [3.8, 4) is 0 Å². The number of hydrogen-bond donors (Lipinski definition) is 0. The molecule has 0 nitrogen and oxygen atoms in total. The fourth-order valence-corrected chi connectivity index (χ4v) is 2.03. The third-order valence-corrected chi connectivity index (χ3v) is 4.47. The third-order valence-electron chi connectivity index (χ3n) is 3.69. The first-order valence-corrected chi connectivity index (χ1v) is 6.40. The van der Waals surface area contributed by atoms with Gasteiger partial charge in [0, 0.05) is 5.38 Å². The van der Waals surface area contributed by atoms with E-state index in [9.17, 15) is 0 Å². The van der Waals surface area contributed by atoms with Gasteiger partial charge in [-0.1, -0.05) is 48.0 Å². The van der Waals surface area contributed by atoms with Gasteiger partial charge in [-0.3, -0.25) is 0 Å². The van der Waals surface area contributed by atoms with Crippen LogP contribution in [0, 0.1) is 17.3 Å². The highest BCUT2D eigenvalue weighted by Crippen LogP contribution is 2.38. The van der Waals surface area contributed by atoms with Crippen LogP contribution in [0.3, 0.4) is 0 Å². The Labute approximate surface area is 95.4 Å². The normalized spacial score (nSPS) is 17.1. The molecule has 0 bridgehead atoms. The average molecular weight is 219 g/mol. The number of halogens is 1. The molecule has 86 valence electrons. The summed E-state index contributed by atoms with van der Waals surface area (Å²) in [6, 6.07) is 0. The SMILES string of the molecule is CC[C@H](C)C(C)(C)C(Cl)CCC(C)C. The van der Waals surface area contributed by atoms with E-state index in [0.717, 1.165) is 12.3 Å². The van der Waals surface area contributed by atoms with E-state index >= 15 is 0 Å². The molecular formula is C13H27Cl. The Hall–Kier alpha value is 0.290. The van der Waals surface area contributed by atoms with Gasteiger partial charge < -0.3 is 0 Å². The molecule has 0 saturated carbocycles. The van der Waals surface area contributed by atoms with Crippen molar-refractivity contribution < 1.29 is 0 Å². The van der Waals surface area contributed by atoms with Crippen LogP contribution in [-0.2, 0) is 0 Å². The van der Waals surface area contributed by atoms with Crippen LogP contribution in [-0.4, -0.2) is 5.38 Å². The lowest BCUT2D eigenvalue weighted by Crippen LogP contribution is -2.31. The maximum atomic E-state index is 6.49. The van der Waals surface area contributed by atoms with Crippen molar-refractivity contribution in [2.75, 3.05) is 0 Å². The quantitative estimate of drug-likeness (QED) is 0.544. The Bertz CT molecular complexity index is 149. The van der Waals surface area contributed by atoms with Crippen LogP contribution in [0.2, 0.25) is 0 Å². The lowest BCUT2D eigenvalue weighted by atomic mass is 9.74. The fourth-order valence-electron chi connectivity index (χ4n) is 1.69. The van der Waals surface area contributed by atoms with Gasteiger partial charge in [-0.15, -0.1) is 11.6 Å². The first-order chi connectivity index (χ1) is 6.32. The van der Waals surface area contributed by atoms with Crippen molar-refractivity contribution in [3.63, 3.8) is 0 Å². The highest BCUT2D eigenvalue weighted by Gasteiger charge is 2.32. The van der Waals surface area contributed by atoms with Crippen LogP contribution in [0.25, 0.3) is 0 Å². The zero-order valence-electron chi connectivity index (χ0n) is 10.7. The summed E-state index contributed by atoms with van der Waals surface area (Å²) in [5, 5.41) is 0.319. The molecule has 2 atom stereocenters. The highest BCUT2D eigenvalue weighted by molar-refractivity contribution is 6.21. The van der Waals surface area contributed by atoms with E-state index < -0.39 is 0 Å². The Morgan fingerprint density at radius 3 is 1.93 bits per heavy atom. The van der Waals surface area contributed by atoms with Gasteiger partial charge in [0.2, 0.25) is 0 Å². The molecular weight excluding hydrogens is 192 g/mol. The molecule has 0 radical (unpaired) electrons. The Morgan fingerprint density at radius 2 is 1.57 bits per heavy atom. The fraction of sp³-hybridized carbons (Fsp3) is 1.00. The second-order valence-corrected chi connectivity index (χ2v) is 6.10. The van der Waals surface area contributed by atoms with Gasteiger partial charge in [-0.05, 0) is 30.1 Å². The van der Waals surface area contributed by atoms with E-state index in [1.165, 1.54) is 12.8 Å². The van der Waals surface area contributed by atoms with Crippen molar-refractivity contribution in [2.45, 2.75) is 66.2 Å². The average Bonchev–Trinajstić information content (AvgIpc) is 2.12. The van der Waals surface area contributed by atoms with Crippen LogP contribution in [0.1, 0.15) is 60.8 Å². The predicted octanol–water partition coefficient (Wildman–Crippen LogP) is 5.10. The van der Waals surface area contributed by atoms with E-state index in [1.54, 1.807) is 0 Å². The Kier molecular flexibility index (Phi) is 6.12. The van der Waals surface area contributed by atoms with Crippen LogP contribution in [0.5, 0.6) is 0 Å². The zero-order valence-corrected chi connectivity index (χ0v) is 11.5. The second kappa shape index (κ2) is 6.00. The molecule has 0 aliphatic rings. The van der Waals surface area contributed by atoms with Crippen molar-refractivity contribution in [2.24, 2.45) is 17.3 Å². The van der Waals surface area contributed by atoms with E-state index in [4.69, 9.17) is 11.6 Å². The lowest BCUT2D eigenvalue weighted by Gasteiger charge is -2.36. The molecule has 0 aromatic carbocycles. The Morgan fingerprint density at radius 1 is 1.07 bits per heavy atom. The molecule has 0 fully saturated rings. The van der Waals surface area contributed by atoms with Gasteiger partial charge >= 0.3 is 0 Å². The summed E-state index contributed by atoms with van der Waals surface area (Å²) in [4.78, 5) is 0. The van der Waals surface area contributed by atoms with Crippen LogP contribution in [0.15, 0.2) is 0 Å². The van der Waals surface area contributed by atoms with Gasteiger partial charge in [-0.2, -0.15) is 0 Å². The first-order valence-electron chi connectivity index (χ1n) is 5.96. The molecule has 14 heavy (non-hydrogen) atoms. The molecule has 0 aliphatic heterocycles. The molecule has 0 heterocycles. The summed E-state index contributed by atoms with van der Waals surface area (Å²) in [6.45, 7) is 13.7. The minimum Gasteiger partial charge on any atom is -0.122 e. The minimum absolute atomic E-state index is 0.269. The van der Waals surface area contributed by atoms with Crippen molar-refractivity contribution >= 4 is 11.6 Å². The lowest BCUT2D eigenvalue weighted by molar-refractivity contribution is 0.202. The predicted molar refractivity (Wildman–Crippen MR) is 66.9 cm³/mol. The maximum absolute atomic E-state index is 6.49. The van der Waals surface area contributed by atoms with Crippen LogP contribution < -0.4 is 0 Å². The second-order valence-electron chi connectivity index (χ2n) is 5.57. The van der Waals surface area contributed by atoms with Crippen LogP contribution in [0.4, 0.5) is 0 Å². The number of alkyl halides is 1. The summed E-state index contributed by atoms with van der Waals surface area (Å²) in [5.41, 5.74) is 0.269. The van der Waals surface area contributed by atoms with Gasteiger partial charge in [0.15, 0.2) is 0 Å². The first kappa shape index (κ1) is 14.3. The number of rotatable bonds is 6. The van der Waals surface area contributed by atoms with Crippen molar-refractivity contribution in [1.29, 1.82) is 0 Å². The van der Waals surface area contributed by atoms with E-state index in [0.29, 0.717) is 11.3 Å². The van der Waals surface area contributed by atoms with Gasteiger partial charge in [0.25, 0.3) is 0 Å². The van der Waals surface area contributed by atoms with Crippen molar-refractivity contribution in [3.05, 3.63) is 0 Å². The molecule has 1 heteroatoms. The molecule has 0 aromatic rings. The molecule has 0 aliphatic carbocycles. The standard InChI is InChI=1S/C13H27Cl/c1-7-11(4)13(5,6)12(14)9-8-10(2)3/h10-12H,7-9H2,1-6H3/t11-,12?/m0/s1. The molecule has 1 unspecified atom stereocenters. The summed E-state index contributed by atoms with van der Waals surface area (Å²) in [6.07, 6.45) is 3.61.